The molecule has 0 aliphatic carbocycles. The van der Waals surface area contributed by atoms with E-state index in [4.69, 9.17) is 4.74 Å². The molecule has 1 saturated heterocycles. The number of halogens is 1. The largest absolute Gasteiger partial charge is 0.378 e. The number of rotatable bonds is 5. The Hall–Kier alpha value is -2.64. The van der Waals surface area contributed by atoms with Gasteiger partial charge < -0.3 is 9.64 Å². The molecule has 2 rings (SSSR count). The van der Waals surface area contributed by atoms with Crippen molar-refractivity contribution >= 4 is 5.91 Å². The highest BCUT2D eigenvalue weighted by molar-refractivity contribution is 5.94. The average molecular weight is 367 g/mol. The second-order valence-corrected chi connectivity index (χ2v) is 6.42. The van der Waals surface area contributed by atoms with E-state index in [0.29, 0.717) is 37.4 Å². The molecule has 1 aromatic rings. The number of carbonyl (C=O) groups is 1. The molecule has 0 radical (unpaired) electrons. The van der Waals surface area contributed by atoms with Crippen molar-refractivity contribution in [2.24, 2.45) is 5.92 Å². The van der Waals surface area contributed by atoms with Gasteiger partial charge in [0.2, 0.25) is 5.91 Å². The van der Waals surface area contributed by atoms with E-state index in [0.717, 1.165) is 12.0 Å². The molecule has 27 heavy (non-hydrogen) atoms. The van der Waals surface area contributed by atoms with Crippen LogP contribution in [0.3, 0.4) is 0 Å². The summed E-state index contributed by atoms with van der Waals surface area (Å²) in [6.45, 7) is 10.3. The van der Waals surface area contributed by atoms with Crippen LogP contribution in [0.2, 0.25) is 0 Å². The number of nitrogens with zero attached hydrogens (tertiary/aromatic N) is 1. The Morgan fingerprint density at radius 2 is 2.11 bits per heavy atom. The highest BCUT2D eigenvalue weighted by atomic mass is 19.1. The zero-order valence-corrected chi connectivity index (χ0v) is 16.0. The number of carbonyl (C=O) groups excluding carboxylic acids is 1. The molecule has 1 unspecified atom stereocenters. The number of allylic oxidation sites excluding steroid dienone is 4. The molecule has 1 amide bonds. The standard InChI is InChI=1S/C23H26FNO2/c1-4-18(3)22(23(26)25-13-15-27-16-14-25)12-11-19(5-2)9-10-20-7-6-8-21(24)17-20/h5-8,11-12,17-18H,2,4,13-16H2,1,3H3. The van der Waals surface area contributed by atoms with Crippen LogP contribution in [-0.2, 0) is 9.53 Å². The minimum atomic E-state index is -0.319. The second-order valence-electron chi connectivity index (χ2n) is 6.42. The van der Waals surface area contributed by atoms with Crippen LogP contribution in [0.25, 0.3) is 0 Å². The van der Waals surface area contributed by atoms with Crippen molar-refractivity contribution in [3.8, 4) is 11.8 Å². The minimum absolute atomic E-state index is 0.0467. The summed E-state index contributed by atoms with van der Waals surface area (Å²) in [7, 11) is 0. The topological polar surface area (TPSA) is 29.5 Å². The first-order valence-corrected chi connectivity index (χ1v) is 9.24. The molecule has 0 bridgehead atoms. The zero-order valence-electron chi connectivity index (χ0n) is 16.0. The molecule has 1 heterocycles. The number of amides is 1. The van der Waals surface area contributed by atoms with Gasteiger partial charge in [-0.15, -0.1) is 0 Å². The van der Waals surface area contributed by atoms with Crippen molar-refractivity contribution in [2.45, 2.75) is 20.3 Å². The normalized spacial score (nSPS) is 16.3. The van der Waals surface area contributed by atoms with E-state index < -0.39 is 0 Å². The summed E-state index contributed by atoms with van der Waals surface area (Å²) in [6.07, 6.45) is 6.15. The van der Waals surface area contributed by atoms with Gasteiger partial charge in [0, 0.05) is 29.8 Å². The van der Waals surface area contributed by atoms with Crippen molar-refractivity contribution in [2.75, 3.05) is 26.3 Å². The molecule has 1 fully saturated rings. The third-order valence-corrected chi connectivity index (χ3v) is 4.53. The summed E-state index contributed by atoms with van der Waals surface area (Å²) in [6, 6.07) is 6.14. The Morgan fingerprint density at radius 1 is 1.37 bits per heavy atom. The van der Waals surface area contributed by atoms with E-state index in [1.807, 2.05) is 17.9 Å². The van der Waals surface area contributed by atoms with Crippen LogP contribution >= 0.6 is 0 Å². The molecule has 0 saturated carbocycles. The summed E-state index contributed by atoms with van der Waals surface area (Å²) in [5.41, 5.74) is 2.03. The van der Waals surface area contributed by atoms with E-state index in [9.17, 15) is 9.18 Å². The molecule has 0 N–H and O–H groups in total. The summed E-state index contributed by atoms with van der Waals surface area (Å²) >= 11 is 0. The van der Waals surface area contributed by atoms with Gasteiger partial charge in [-0.1, -0.05) is 50.5 Å². The molecule has 1 aliphatic heterocycles. The molecule has 1 aliphatic rings. The van der Waals surface area contributed by atoms with Crippen LogP contribution in [0, 0.1) is 23.6 Å². The fraction of sp³-hybridized carbons (Fsp3) is 0.348. The monoisotopic (exact) mass is 367 g/mol. The van der Waals surface area contributed by atoms with Crippen LogP contribution in [0.15, 0.2) is 60.2 Å². The molecule has 142 valence electrons. The van der Waals surface area contributed by atoms with E-state index >= 15 is 0 Å². The third kappa shape index (κ3) is 6.23. The van der Waals surface area contributed by atoms with Gasteiger partial charge in [-0.05, 0) is 36.6 Å². The summed E-state index contributed by atoms with van der Waals surface area (Å²) in [5, 5.41) is 0. The quantitative estimate of drug-likeness (QED) is 0.445. The average Bonchev–Trinajstić information content (AvgIpc) is 2.70. The second kappa shape index (κ2) is 10.5. The van der Waals surface area contributed by atoms with Gasteiger partial charge in [0.1, 0.15) is 5.82 Å². The summed E-state index contributed by atoms with van der Waals surface area (Å²) < 4.78 is 18.6. The van der Waals surface area contributed by atoms with Gasteiger partial charge in [0.25, 0.3) is 0 Å². The van der Waals surface area contributed by atoms with Gasteiger partial charge in [-0.2, -0.15) is 0 Å². The Labute approximate surface area is 161 Å². The Morgan fingerprint density at radius 3 is 2.74 bits per heavy atom. The number of hydrogen-bond donors (Lipinski definition) is 0. The zero-order chi connectivity index (χ0) is 19.6. The van der Waals surface area contributed by atoms with Gasteiger partial charge in [-0.3, -0.25) is 4.79 Å². The maximum atomic E-state index is 13.3. The SMILES string of the molecule is C=CC(C#Cc1cccc(F)c1)=CC=C(C(=O)N1CCOCC1)C(C)CC. The molecule has 1 aromatic carbocycles. The molecule has 0 aromatic heterocycles. The van der Waals surface area contributed by atoms with Gasteiger partial charge >= 0.3 is 0 Å². The molecular weight excluding hydrogens is 341 g/mol. The molecular formula is C23H26FNO2. The van der Waals surface area contributed by atoms with E-state index in [1.54, 1.807) is 24.3 Å². The first kappa shape index (κ1) is 20.7. The van der Waals surface area contributed by atoms with E-state index in [-0.39, 0.29) is 17.6 Å². The number of hydrogen-bond acceptors (Lipinski definition) is 2. The van der Waals surface area contributed by atoms with Gasteiger partial charge in [0.15, 0.2) is 0 Å². The minimum Gasteiger partial charge on any atom is -0.378 e. The van der Waals surface area contributed by atoms with Crippen molar-refractivity contribution in [3.05, 3.63) is 71.6 Å². The van der Waals surface area contributed by atoms with Crippen molar-refractivity contribution in [1.82, 2.24) is 4.90 Å². The van der Waals surface area contributed by atoms with Crippen LogP contribution in [0.1, 0.15) is 25.8 Å². The van der Waals surface area contributed by atoms with Crippen LogP contribution in [0.4, 0.5) is 4.39 Å². The lowest BCUT2D eigenvalue weighted by atomic mass is 9.96. The molecule has 1 atom stereocenters. The van der Waals surface area contributed by atoms with Crippen LogP contribution in [0.5, 0.6) is 0 Å². The predicted octanol–water partition coefficient (Wildman–Crippen LogP) is 4.12. The van der Waals surface area contributed by atoms with E-state index in [1.165, 1.54) is 12.1 Å². The third-order valence-electron chi connectivity index (χ3n) is 4.53. The van der Waals surface area contributed by atoms with Gasteiger partial charge in [-0.25, -0.2) is 4.39 Å². The molecule has 0 spiro atoms. The highest BCUT2D eigenvalue weighted by Crippen LogP contribution is 2.19. The summed E-state index contributed by atoms with van der Waals surface area (Å²) in [4.78, 5) is 14.7. The van der Waals surface area contributed by atoms with Crippen LogP contribution in [-0.4, -0.2) is 37.1 Å². The Balaban J connectivity index is 2.25. The lowest BCUT2D eigenvalue weighted by Crippen LogP contribution is -2.42. The maximum Gasteiger partial charge on any atom is 0.250 e. The first-order chi connectivity index (χ1) is 13.0. The number of benzene rings is 1. The smallest absolute Gasteiger partial charge is 0.250 e. The first-order valence-electron chi connectivity index (χ1n) is 9.24. The summed E-state index contributed by atoms with van der Waals surface area (Å²) in [5.74, 6) is 5.77. The molecule has 4 heteroatoms. The van der Waals surface area contributed by atoms with Crippen molar-refractivity contribution < 1.29 is 13.9 Å². The lowest BCUT2D eigenvalue weighted by Gasteiger charge is -2.29. The van der Waals surface area contributed by atoms with Crippen molar-refractivity contribution in [1.29, 1.82) is 0 Å². The van der Waals surface area contributed by atoms with Crippen LogP contribution < -0.4 is 0 Å². The fourth-order valence-corrected chi connectivity index (χ4v) is 2.67. The fourth-order valence-electron chi connectivity index (χ4n) is 2.67. The highest BCUT2D eigenvalue weighted by Gasteiger charge is 2.23. The predicted molar refractivity (Wildman–Crippen MR) is 106 cm³/mol. The number of ether oxygens (including phenoxy) is 1. The van der Waals surface area contributed by atoms with E-state index in [2.05, 4.69) is 25.3 Å². The Kier molecular flexibility index (Phi) is 8.03. The maximum absolute atomic E-state index is 13.3. The Bertz CT molecular complexity index is 792. The van der Waals surface area contributed by atoms with Gasteiger partial charge in [0.05, 0.1) is 13.2 Å². The number of morpholine rings is 1. The molecule has 3 nitrogen and oxygen atoms in total. The lowest BCUT2D eigenvalue weighted by molar-refractivity contribution is -0.131. The van der Waals surface area contributed by atoms with Crippen molar-refractivity contribution in [3.63, 3.8) is 0 Å².